The van der Waals surface area contributed by atoms with Gasteiger partial charge in [0.15, 0.2) is 4.67 Å². The summed E-state index contributed by atoms with van der Waals surface area (Å²) in [6, 6.07) is 4.10. The van der Waals surface area contributed by atoms with E-state index >= 15 is 0 Å². The summed E-state index contributed by atoms with van der Waals surface area (Å²) in [5.74, 6) is 0.944. The van der Waals surface area contributed by atoms with Crippen molar-refractivity contribution in [2.24, 2.45) is 5.73 Å². The first-order valence-electron chi connectivity index (χ1n) is 5.42. The lowest BCUT2D eigenvalue weighted by molar-refractivity contribution is 0.187. The second-order valence-electron chi connectivity index (χ2n) is 3.52. The zero-order valence-electron chi connectivity index (χ0n) is 9.37. The van der Waals surface area contributed by atoms with E-state index < -0.39 is 0 Å². The Morgan fingerprint density at radius 2 is 2.20 bits per heavy atom. The van der Waals surface area contributed by atoms with E-state index in [-0.39, 0.29) is 6.04 Å². The molecular weight excluding hydrogens is 256 g/mol. The molecule has 15 heavy (non-hydrogen) atoms. The number of likely N-dealkylation sites (N-methyl/N-ethyl adjacent to an activating group) is 1. The van der Waals surface area contributed by atoms with Gasteiger partial charge >= 0.3 is 0 Å². The van der Waals surface area contributed by atoms with Crippen LogP contribution in [0.3, 0.4) is 0 Å². The fourth-order valence-electron chi connectivity index (χ4n) is 1.77. The smallest absolute Gasteiger partial charge is 0.169 e. The van der Waals surface area contributed by atoms with Gasteiger partial charge in [-0.15, -0.1) is 0 Å². The highest BCUT2D eigenvalue weighted by molar-refractivity contribution is 9.10. The quantitative estimate of drug-likeness (QED) is 0.868. The molecule has 0 aliphatic heterocycles. The highest BCUT2D eigenvalue weighted by atomic mass is 79.9. The van der Waals surface area contributed by atoms with Gasteiger partial charge in [-0.3, -0.25) is 4.90 Å². The molecule has 4 heteroatoms. The van der Waals surface area contributed by atoms with Crippen molar-refractivity contribution in [3.05, 3.63) is 22.6 Å². The van der Waals surface area contributed by atoms with Crippen LogP contribution in [0.4, 0.5) is 0 Å². The lowest BCUT2D eigenvalue weighted by Gasteiger charge is -2.27. The van der Waals surface area contributed by atoms with E-state index in [0.29, 0.717) is 6.54 Å². The number of rotatable bonds is 6. The van der Waals surface area contributed by atoms with Crippen molar-refractivity contribution in [1.29, 1.82) is 0 Å². The first-order valence-corrected chi connectivity index (χ1v) is 6.21. The van der Waals surface area contributed by atoms with Crippen LogP contribution in [0.15, 0.2) is 21.2 Å². The van der Waals surface area contributed by atoms with Crippen LogP contribution in [0.2, 0.25) is 0 Å². The Bertz CT molecular complexity index is 288. The van der Waals surface area contributed by atoms with Gasteiger partial charge < -0.3 is 10.2 Å². The minimum Gasteiger partial charge on any atom is -0.453 e. The molecule has 0 amide bonds. The lowest BCUT2D eigenvalue weighted by Crippen LogP contribution is -2.34. The number of hydrogen-bond donors (Lipinski definition) is 1. The van der Waals surface area contributed by atoms with E-state index in [1.165, 1.54) is 0 Å². The van der Waals surface area contributed by atoms with Crippen molar-refractivity contribution in [1.82, 2.24) is 4.90 Å². The van der Waals surface area contributed by atoms with Crippen LogP contribution in [-0.2, 0) is 0 Å². The molecule has 3 nitrogen and oxygen atoms in total. The van der Waals surface area contributed by atoms with Crippen molar-refractivity contribution >= 4 is 15.9 Å². The first-order chi connectivity index (χ1) is 7.22. The molecule has 0 fully saturated rings. The van der Waals surface area contributed by atoms with Crippen LogP contribution in [0, 0.1) is 0 Å². The first kappa shape index (κ1) is 12.7. The van der Waals surface area contributed by atoms with Crippen LogP contribution in [0.25, 0.3) is 0 Å². The standard InChI is InChI=1S/C11H19BrN2O/c1-3-7-14(4-2)9(8-13)10-5-6-11(12)15-10/h5-6,9H,3-4,7-8,13H2,1-2H3. The molecule has 1 aromatic rings. The summed E-state index contributed by atoms with van der Waals surface area (Å²) in [6.07, 6.45) is 1.13. The van der Waals surface area contributed by atoms with E-state index in [4.69, 9.17) is 10.2 Å². The van der Waals surface area contributed by atoms with Crippen molar-refractivity contribution in [3.63, 3.8) is 0 Å². The van der Waals surface area contributed by atoms with Crippen molar-refractivity contribution in [2.75, 3.05) is 19.6 Å². The normalized spacial score (nSPS) is 13.4. The van der Waals surface area contributed by atoms with Gasteiger partial charge in [-0.1, -0.05) is 13.8 Å². The van der Waals surface area contributed by atoms with Gasteiger partial charge in [0, 0.05) is 6.54 Å². The topological polar surface area (TPSA) is 42.4 Å². The van der Waals surface area contributed by atoms with Crippen molar-refractivity contribution in [3.8, 4) is 0 Å². The van der Waals surface area contributed by atoms with Gasteiger partial charge in [0.05, 0.1) is 6.04 Å². The Hall–Kier alpha value is -0.320. The Balaban J connectivity index is 2.76. The van der Waals surface area contributed by atoms with Crippen LogP contribution < -0.4 is 5.73 Å². The third-order valence-electron chi connectivity index (χ3n) is 2.50. The number of nitrogens with two attached hydrogens (primary N) is 1. The predicted octanol–water partition coefficient (Wildman–Crippen LogP) is 2.77. The second-order valence-corrected chi connectivity index (χ2v) is 4.30. The molecule has 0 saturated carbocycles. The lowest BCUT2D eigenvalue weighted by atomic mass is 10.2. The number of furan rings is 1. The maximum absolute atomic E-state index is 5.80. The van der Waals surface area contributed by atoms with E-state index in [1.807, 2.05) is 12.1 Å². The van der Waals surface area contributed by atoms with Gasteiger partial charge in [0.25, 0.3) is 0 Å². The summed E-state index contributed by atoms with van der Waals surface area (Å²) in [6.45, 7) is 6.96. The van der Waals surface area contributed by atoms with Crippen LogP contribution in [0.1, 0.15) is 32.1 Å². The van der Waals surface area contributed by atoms with E-state index in [2.05, 4.69) is 34.7 Å². The molecule has 1 rings (SSSR count). The minimum absolute atomic E-state index is 0.196. The van der Waals surface area contributed by atoms with Gasteiger partial charge in [-0.2, -0.15) is 0 Å². The summed E-state index contributed by atoms with van der Waals surface area (Å²) in [7, 11) is 0. The average Bonchev–Trinajstić information content (AvgIpc) is 2.64. The van der Waals surface area contributed by atoms with Gasteiger partial charge in [-0.25, -0.2) is 0 Å². The Labute approximate surface area is 99.7 Å². The molecule has 0 aliphatic carbocycles. The zero-order chi connectivity index (χ0) is 11.3. The summed E-state index contributed by atoms with van der Waals surface area (Å²) < 4.78 is 6.33. The summed E-state index contributed by atoms with van der Waals surface area (Å²) in [5, 5.41) is 0. The molecule has 0 aliphatic rings. The Kier molecular flexibility index (Phi) is 5.36. The van der Waals surface area contributed by atoms with Crippen LogP contribution >= 0.6 is 15.9 Å². The molecule has 0 bridgehead atoms. The Morgan fingerprint density at radius 3 is 2.60 bits per heavy atom. The van der Waals surface area contributed by atoms with Crippen LogP contribution in [0.5, 0.6) is 0 Å². The molecule has 0 radical (unpaired) electrons. The van der Waals surface area contributed by atoms with Gasteiger partial charge in [0.1, 0.15) is 5.76 Å². The fourth-order valence-corrected chi connectivity index (χ4v) is 2.09. The molecular formula is C11H19BrN2O. The highest BCUT2D eigenvalue weighted by Gasteiger charge is 2.19. The van der Waals surface area contributed by atoms with E-state index in [0.717, 1.165) is 29.9 Å². The molecule has 0 spiro atoms. The molecule has 0 saturated heterocycles. The van der Waals surface area contributed by atoms with E-state index in [9.17, 15) is 0 Å². The summed E-state index contributed by atoms with van der Waals surface area (Å²) >= 11 is 3.31. The SMILES string of the molecule is CCCN(CC)C(CN)c1ccc(Br)o1. The number of nitrogens with zero attached hydrogens (tertiary/aromatic N) is 1. The van der Waals surface area contributed by atoms with E-state index in [1.54, 1.807) is 0 Å². The predicted molar refractivity (Wildman–Crippen MR) is 65.7 cm³/mol. The molecule has 0 aromatic carbocycles. The monoisotopic (exact) mass is 274 g/mol. The van der Waals surface area contributed by atoms with Gasteiger partial charge in [-0.05, 0) is 47.6 Å². The second kappa shape index (κ2) is 6.30. The summed E-state index contributed by atoms with van der Waals surface area (Å²) in [4.78, 5) is 2.34. The maximum atomic E-state index is 5.80. The van der Waals surface area contributed by atoms with Crippen molar-refractivity contribution in [2.45, 2.75) is 26.3 Å². The molecule has 1 heterocycles. The molecule has 1 atom stereocenters. The minimum atomic E-state index is 0.196. The van der Waals surface area contributed by atoms with Gasteiger partial charge in [0.2, 0.25) is 0 Å². The summed E-state index contributed by atoms with van der Waals surface area (Å²) in [5.41, 5.74) is 5.80. The zero-order valence-corrected chi connectivity index (χ0v) is 11.0. The molecule has 1 aromatic heterocycles. The maximum Gasteiger partial charge on any atom is 0.169 e. The highest BCUT2D eigenvalue weighted by Crippen LogP contribution is 2.24. The van der Waals surface area contributed by atoms with Crippen molar-refractivity contribution < 1.29 is 4.42 Å². The molecule has 2 N–H and O–H groups in total. The number of halogens is 1. The number of hydrogen-bond acceptors (Lipinski definition) is 3. The molecule has 1 unspecified atom stereocenters. The third kappa shape index (κ3) is 3.33. The van der Waals surface area contributed by atoms with Crippen LogP contribution in [-0.4, -0.2) is 24.5 Å². The third-order valence-corrected chi connectivity index (χ3v) is 2.93. The fraction of sp³-hybridized carbons (Fsp3) is 0.636. The Morgan fingerprint density at radius 1 is 1.47 bits per heavy atom. The largest absolute Gasteiger partial charge is 0.453 e. The average molecular weight is 275 g/mol. The molecule has 86 valence electrons.